The van der Waals surface area contributed by atoms with Crippen molar-refractivity contribution in [2.45, 2.75) is 47.2 Å². The first-order valence-corrected chi connectivity index (χ1v) is 9.84. The topological polar surface area (TPSA) is 65.1 Å². The van der Waals surface area contributed by atoms with E-state index in [2.05, 4.69) is 36.9 Å². The first kappa shape index (κ1) is 18.5. The van der Waals surface area contributed by atoms with Crippen LogP contribution in [0.4, 0.5) is 11.6 Å². The van der Waals surface area contributed by atoms with Gasteiger partial charge in [0.15, 0.2) is 11.2 Å². The highest BCUT2D eigenvalue weighted by atomic mass is 16.2. The zero-order valence-corrected chi connectivity index (χ0v) is 17.2. The van der Waals surface area contributed by atoms with Crippen LogP contribution in [0.15, 0.2) is 27.8 Å². The Morgan fingerprint density at radius 2 is 1.75 bits per heavy atom. The smallest absolute Gasteiger partial charge is 0.312 e. The van der Waals surface area contributed by atoms with Gasteiger partial charge in [0.25, 0.3) is 5.56 Å². The second-order valence-corrected chi connectivity index (χ2v) is 8.24. The minimum Gasteiger partial charge on any atom is -0.312 e. The maximum atomic E-state index is 13.2. The molecule has 1 aliphatic heterocycles. The molecule has 148 valence electrons. The van der Waals surface area contributed by atoms with Crippen LogP contribution < -0.4 is 16.1 Å². The van der Waals surface area contributed by atoms with E-state index < -0.39 is 0 Å². The Morgan fingerprint density at radius 3 is 2.39 bits per heavy atom. The second-order valence-electron chi connectivity index (χ2n) is 8.24. The Labute approximate surface area is 163 Å². The Bertz CT molecular complexity index is 1160. The van der Waals surface area contributed by atoms with E-state index >= 15 is 0 Å². The van der Waals surface area contributed by atoms with Crippen LogP contribution in [-0.2, 0) is 20.1 Å². The molecule has 0 saturated heterocycles. The van der Waals surface area contributed by atoms with Gasteiger partial charge in [-0.15, -0.1) is 0 Å². The first-order valence-electron chi connectivity index (χ1n) is 9.84. The van der Waals surface area contributed by atoms with Crippen LogP contribution in [0.25, 0.3) is 11.2 Å². The third-order valence-corrected chi connectivity index (χ3v) is 5.28. The molecule has 7 heteroatoms. The van der Waals surface area contributed by atoms with Crippen molar-refractivity contribution in [2.75, 3.05) is 11.4 Å². The zero-order chi connectivity index (χ0) is 20.2. The van der Waals surface area contributed by atoms with Gasteiger partial charge in [0.2, 0.25) is 5.95 Å². The zero-order valence-electron chi connectivity index (χ0n) is 17.2. The van der Waals surface area contributed by atoms with E-state index in [1.165, 1.54) is 20.3 Å². The molecule has 0 fully saturated rings. The molecule has 0 bridgehead atoms. The van der Waals surface area contributed by atoms with E-state index in [4.69, 9.17) is 4.98 Å². The summed E-state index contributed by atoms with van der Waals surface area (Å²) < 4.78 is 4.83. The minimum atomic E-state index is -0.306. The standard InChI is InChI=1S/C21H27N5O2/c1-13(2)12-26-19(27)17-18(23(5)21(26)28)22-20-24(7-6-8-25(17)20)16-10-14(3)9-15(4)11-16/h9-11,13H,6-8,12H2,1-5H3. The number of fused-ring (bicyclic) bond motifs is 3. The van der Waals surface area contributed by atoms with Gasteiger partial charge in [0.05, 0.1) is 0 Å². The SMILES string of the molecule is Cc1cc(C)cc(N2CCCn3c2nc2c3c(=O)n(CC(C)C)c(=O)n2C)c1. The van der Waals surface area contributed by atoms with Crippen LogP contribution in [-0.4, -0.2) is 25.2 Å². The molecule has 3 heterocycles. The van der Waals surface area contributed by atoms with Crippen LogP contribution in [0.3, 0.4) is 0 Å². The second kappa shape index (κ2) is 6.65. The van der Waals surface area contributed by atoms with E-state index in [9.17, 15) is 9.59 Å². The van der Waals surface area contributed by atoms with Crippen molar-refractivity contribution in [3.63, 3.8) is 0 Å². The minimum absolute atomic E-state index is 0.207. The van der Waals surface area contributed by atoms with E-state index in [0.29, 0.717) is 17.7 Å². The summed E-state index contributed by atoms with van der Waals surface area (Å²) in [6, 6.07) is 6.42. The molecular weight excluding hydrogens is 354 g/mol. The van der Waals surface area contributed by atoms with Gasteiger partial charge < -0.3 is 9.47 Å². The van der Waals surface area contributed by atoms with Crippen molar-refractivity contribution in [1.82, 2.24) is 18.7 Å². The molecule has 4 rings (SSSR count). The van der Waals surface area contributed by atoms with Crippen molar-refractivity contribution in [3.8, 4) is 0 Å². The predicted octanol–water partition coefficient (Wildman–Crippen LogP) is 2.71. The number of aryl methyl sites for hydroxylation is 4. The van der Waals surface area contributed by atoms with Gasteiger partial charge in [-0.2, -0.15) is 4.98 Å². The molecule has 1 aliphatic rings. The number of hydrogen-bond acceptors (Lipinski definition) is 4. The molecule has 0 amide bonds. The molecule has 0 radical (unpaired) electrons. The van der Waals surface area contributed by atoms with Crippen LogP contribution in [0.5, 0.6) is 0 Å². The van der Waals surface area contributed by atoms with Crippen molar-refractivity contribution in [3.05, 3.63) is 50.2 Å². The normalized spacial score (nSPS) is 14.1. The van der Waals surface area contributed by atoms with Crippen molar-refractivity contribution < 1.29 is 0 Å². The van der Waals surface area contributed by atoms with E-state index in [1.807, 2.05) is 18.4 Å². The van der Waals surface area contributed by atoms with Gasteiger partial charge in [-0.25, -0.2) is 4.79 Å². The van der Waals surface area contributed by atoms with Crippen molar-refractivity contribution in [1.29, 1.82) is 0 Å². The monoisotopic (exact) mass is 381 g/mol. The third kappa shape index (κ3) is 2.85. The number of rotatable bonds is 3. The van der Waals surface area contributed by atoms with E-state index in [0.717, 1.165) is 31.1 Å². The van der Waals surface area contributed by atoms with Crippen LogP contribution in [0, 0.1) is 19.8 Å². The number of aromatic nitrogens is 4. The number of anilines is 2. The summed E-state index contributed by atoms with van der Waals surface area (Å²) in [5.41, 5.74) is 3.88. The fraction of sp³-hybridized carbons (Fsp3) is 0.476. The Balaban J connectivity index is 1.98. The molecule has 0 unspecified atom stereocenters. The Hall–Kier alpha value is -2.83. The summed E-state index contributed by atoms with van der Waals surface area (Å²) in [4.78, 5) is 32.9. The summed E-state index contributed by atoms with van der Waals surface area (Å²) in [7, 11) is 1.70. The van der Waals surface area contributed by atoms with Gasteiger partial charge in [-0.1, -0.05) is 19.9 Å². The van der Waals surface area contributed by atoms with Gasteiger partial charge in [-0.3, -0.25) is 13.9 Å². The maximum absolute atomic E-state index is 13.2. The number of imidazole rings is 1. The average molecular weight is 381 g/mol. The summed E-state index contributed by atoms with van der Waals surface area (Å²) in [5, 5.41) is 0. The highest BCUT2D eigenvalue weighted by Crippen LogP contribution is 2.32. The molecule has 0 N–H and O–H groups in total. The summed E-state index contributed by atoms with van der Waals surface area (Å²) in [6.07, 6.45) is 0.915. The summed E-state index contributed by atoms with van der Waals surface area (Å²) in [6.45, 7) is 10.1. The fourth-order valence-electron chi connectivity index (χ4n) is 4.14. The molecule has 28 heavy (non-hydrogen) atoms. The van der Waals surface area contributed by atoms with Gasteiger partial charge in [0.1, 0.15) is 0 Å². The maximum Gasteiger partial charge on any atom is 0.332 e. The van der Waals surface area contributed by atoms with Crippen LogP contribution in [0.2, 0.25) is 0 Å². The lowest BCUT2D eigenvalue weighted by atomic mass is 10.1. The quantitative estimate of drug-likeness (QED) is 0.700. The molecule has 2 aromatic heterocycles. The Kier molecular flexibility index (Phi) is 4.40. The number of hydrogen-bond donors (Lipinski definition) is 0. The largest absolute Gasteiger partial charge is 0.332 e. The van der Waals surface area contributed by atoms with Crippen molar-refractivity contribution in [2.24, 2.45) is 13.0 Å². The molecule has 0 aliphatic carbocycles. The Morgan fingerprint density at radius 1 is 1.07 bits per heavy atom. The molecule has 0 saturated carbocycles. The van der Waals surface area contributed by atoms with Gasteiger partial charge >= 0.3 is 5.69 Å². The van der Waals surface area contributed by atoms with E-state index in [1.54, 1.807) is 7.05 Å². The van der Waals surface area contributed by atoms with Gasteiger partial charge in [0, 0.05) is 32.4 Å². The lowest BCUT2D eigenvalue weighted by molar-refractivity contribution is 0.483. The third-order valence-electron chi connectivity index (χ3n) is 5.28. The molecular formula is C21H27N5O2. The van der Waals surface area contributed by atoms with Gasteiger partial charge in [-0.05, 0) is 49.4 Å². The first-order chi connectivity index (χ1) is 13.3. The highest BCUT2D eigenvalue weighted by Gasteiger charge is 2.27. The molecule has 3 aromatic rings. The summed E-state index contributed by atoms with van der Waals surface area (Å²) >= 11 is 0. The fourth-order valence-corrected chi connectivity index (χ4v) is 4.14. The number of nitrogens with zero attached hydrogens (tertiary/aromatic N) is 5. The lowest BCUT2D eigenvalue weighted by Crippen LogP contribution is -2.40. The van der Waals surface area contributed by atoms with Crippen LogP contribution in [0.1, 0.15) is 31.4 Å². The number of benzene rings is 1. The molecule has 0 spiro atoms. The average Bonchev–Trinajstić information content (AvgIpc) is 3.02. The predicted molar refractivity (Wildman–Crippen MR) is 112 cm³/mol. The molecule has 0 atom stereocenters. The highest BCUT2D eigenvalue weighted by molar-refractivity contribution is 5.77. The van der Waals surface area contributed by atoms with Crippen molar-refractivity contribution >= 4 is 22.8 Å². The molecule has 7 nitrogen and oxygen atoms in total. The lowest BCUT2D eigenvalue weighted by Gasteiger charge is -2.29. The molecule has 1 aromatic carbocycles. The van der Waals surface area contributed by atoms with Crippen LogP contribution >= 0.6 is 0 Å². The summed E-state index contributed by atoms with van der Waals surface area (Å²) in [5.74, 6) is 0.944. The van der Waals surface area contributed by atoms with E-state index in [-0.39, 0.29) is 17.2 Å².